The Morgan fingerprint density at radius 2 is 2.14 bits per heavy atom. The summed E-state index contributed by atoms with van der Waals surface area (Å²) in [6.45, 7) is 0.742. The molecule has 0 aliphatic carbocycles. The van der Waals surface area contributed by atoms with Gasteiger partial charge in [0.25, 0.3) is 0 Å². The molecule has 0 amide bonds. The molecule has 0 aromatic carbocycles. The van der Waals surface area contributed by atoms with Gasteiger partial charge in [0, 0.05) is 12.4 Å². The molecule has 0 bridgehead atoms. The Kier molecular flexibility index (Phi) is 5.05. The van der Waals surface area contributed by atoms with Crippen molar-refractivity contribution in [1.29, 1.82) is 0 Å². The summed E-state index contributed by atoms with van der Waals surface area (Å²) in [5, 5.41) is 0. The van der Waals surface area contributed by atoms with E-state index < -0.39 is 5.51 Å². The maximum Gasteiger partial charge on any atom is 0.441 e. The van der Waals surface area contributed by atoms with Crippen LogP contribution in [0.15, 0.2) is 0 Å². The molecule has 0 aromatic rings. The van der Waals surface area contributed by atoms with Gasteiger partial charge < -0.3 is 9.47 Å². The summed E-state index contributed by atoms with van der Waals surface area (Å²) < 4.78 is 45.4. The highest BCUT2D eigenvalue weighted by molar-refractivity contribution is 8.00. The standard InChI is InChI=1S/C8H13F3O2S/c9-8(10,11)14-6-5-13-7-3-1-2-4-12-7/h7H,1-6H2/t7-/m1/s1. The van der Waals surface area contributed by atoms with Crippen LogP contribution in [0.2, 0.25) is 0 Å². The lowest BCUT2D eigenvalue weighted by Crippen LogP contribution is -2.23. The SMILES string of the molecule is FC(F)(F)SCCO[C@@H]1CCCCO1. The molecule has 1 saturated heterocycles. The van der Waals surface area contributed by atoms with Crippen LogP contribution in [0.1, 0.15) is 19.3 Å². The van der Waals surface area contributed by atoms with Crippen LogP contribution in [0, 0.1) is 0 Å². The molecule has 1 aliphatic rings. The number of rotatable bonds is 4. The Bertz CT molecular complexity index is 157. The number of halogens is 3. The van der Waals surface area contributed by atoms with Gasteiger partial charge in [-0.15, -0.1) is 0 Å². The van der Waals surface area contributed by atoms with Gasteiger partial charge in [-0.25, -0.2) is 0 Å². The molecule has 0 aromatic heterocycles. The molecule has 0 saturated carbocycles. The number of ether oxygens (including phenoxy) is 2. The van der Waals surface area contributed by atoms with Gasteiger partial charge >= 0.3 is 5.51 Å². The molecule has 14 heavy (non-hydrogen) atoms. The average Bonchev–Trinajstić information content (AvgIpc) is 2.13. The van der Waals surface area contributed by atoms with Crippen molar-refractivity contribution in [2.24, 2.45) is 0 Å². The van der Waals surface area contributed by atoms with Crippen molar-refractivity contribution < 1.29 is 22.6 Å². The zero-order chi connectivity index (χ0) is 10.4. The van der Waals surface area contributed by atoms with E-state index in [-0.39, 0.29) is 30.4 Å². The second-order valence-corrected chi connectivity index (χ2v) is 4.12. The van der Waals surface area contributed by atoms with Crippen LogP contribution in [0.5, 0.6) is 0 Å². The molecule has 84 valence electrons. The summed E-state index contributed by atoms with van der Waals surface area (Å²) in [7, 11) is 0. The fourth-order valence-electron chi connectivity index (χ4n) is 1.18. The van der Waals surface area contributed by atoms with E-state index >= 15 is 0 Å². The Morgan fingerprint density at radius 3 is 2.71 bits per heavy atom. The van der Waals surface area contributed by atoms with E-state index in [1.807, 2.05) is 0 Å². The normalized spacial score (nSPS) is 23.8. The largest absolute Gasteiger partial charge is 0.441 e. The van der Waals surface area contributed by atoms with E-state index in [4.69, 9.17) is 9.47 Å². The number of hydrogen-bond donors (Lipinski definition) is 0. The molecule has 1 rings (SSSR count). The van der Waals surface area contributed by atoms with Gasteiger partial charge in [-0.2, -0.15) is 13.2 Å². The van der Waals surface area contributed by atoms with Crippen LogP contribution in [0.4, 0.5) is 13.2 Å². The van der Waals surface area contributed by atoms with Crippen LogP contribution in [0.25, 0.3) is 0 Å². The summed E-state index contributed by atoms with van der Waals surface area (Å²) in [6, 6.07) is 0. The zero-order valence-electron chi connectivity index (χ0n) is 7.68. The zero-order valence-corrected chi connectivity index (χ0v) is 8.50. The summed E-state index contributed by atoms with van der Waals surface area (Å²) >= 11 is -0.0584. The van der Waals surface area contributed by atoms with E-state index in [1.165, 1.54) is 0 Å². The highest BCUT2D eigenvalue weighted by Gasteiger charge is 2.27. The Morgan fingerprint density at radius 1 is 1.36 bits per heavy atom. The summed E-state index contributed by atoms with van der Waals surface area (Å²) in [5.74, 6) is -0.0661. The minimum atomic E-state index is -4.16. The lowest BCUT2D eigenvalue weighted by Gasteiger charge is -2.22. The molecular formula is C8H13F3O2S. The summed E-state index contributed by atoms with van der Waals surface area (Å²) in [6.07, 6.45) is 2.53. The highest BCUT2D eigenvalue weighted by atomic mass is 32.2. The number of alkyl halides is 3. The monoisotopic (exact) mass is 230 g/mol. The van der Waals surface area contributed by atoms with E-state index in [2.05, 4.69) is 0 Å². The van der Waals surface area contributed by atoms with Crippen molar-refractivity contribution in [3.8, 4) is 0 Å². The minimum Gasteiger partial charge on any atom is -0.353 e. The number of hydrogen-bond acceptors (Lipinski definition) is 3. The fourth-order valence-corrected chi connectivity index (χ4v) is 1.59. The molecule has 1 aliphatic heterocycles. The first kappa shape index (κ1) is 12.1. The summed E-state index contributed by atoms with van der Waals surface area (Å²) in [4.78, 5) is 0. The molecule has 0 radical (unpaired) electrons. The molecule has 6 heteroatoms. The van der Waals surface area contributed by atoms with Gasteiger partial charge in [0.05, 0.1) is 6.61 Å². The molecule has 0 N–H and O–H groups in total. The van der Waals surface area contributed by atoms with Crippen molar-refractivity contribution >= 4 is 11.8 Å². The third-order valence-electron chi connectivity index (χ3n) is 1.79. The maximum absolute atomic E-state index is 11.7. The molecule has 1 heterocycles. The van der Waals surface area contributed by atoms with Gasteiger partial charge in [-0.3, -0.25) is 0 Å². The van der Waals surface area contributed by atoms with Crippen LogP contribution < -0.4 is 0 Å². The quantitative estimate of drug-likeness (QED) is 0.692. The second-order valence-electron chi connectivity index (χ2n) is 2.96. The second kappa shape index (κ2) is 5.82. The van der Waals surface area contributed by atoms with Crippen molar-refractivity contribution in [2.75, 3.05) is 19.0 Å². The third kappa shape index (κ3) is 5.72. The molecule has 0 unspecified atom stereocenters. The van der Waals surface area contributed by atoms with Gasteiger partial charge in [0.15, 0.2) is 6.29 Å². The van der Waals surface area contributed by atoms with Gasteiger partial charge in [0.2, 0.25) is 0 Å². The lowest BCUT2D eigenvalue weighted by molar-refractivity contribution is -0.158. The fraction of sp³-hybridized carbons (Fsp3) is 1.00. The Labute approximate surface area is 85.1 Å². The van der Waals surface area contributed by atoms with E-state index in [1.54, 1.807) is 0 Å². The molecule has 2 nitrogen and oxygen atoms in total. The molecular weight excluding hydrogens is 217 g/mol. The van der Waals surface area contributed by atoms with Crippen LogP contribution in [-0.4, -0.2) is 30.8 Å². The smallest absolute Gasteiger partial charge is 0.353 e. The van der Waals surface area contributed by atoms with E-state index in [0.717, 1.165) is 19.3 Å². The number of thioether (sulfide) groups is 1. The van der Waals surface area contributed by atoms with Crippen molar-refractivity contribution in [2.45, 2.75) is 31.1 Å². The topological polar surface area (TPSA) is 18.5 Å². The predicted octanol–water partition coefficient (Wildman–Crippen LogP) is 2.78. The van der Waals surface area contributed by atoms with Crippen molar-refractivity contribution in [3.63, 3.8) is 0 Å². The third-order valence-corrected chi connectivity index (χ3v) is 2.49. The first-order chi connectivity index (χ1) is 6.58. The van der Waals surface area contributed by atoms with Crippen molar-refractivity contribution in [3.05, 3.63) is 0 Å². The predicted molar refractivity (Wildman–Crippen MR) is 48.1 cm³/mol. The van der Waals surface area contributed by atoms with Gasteiger partial charge in [0.1, 0.15) is 0 Å². The Balaban J connectivity index is 1.97. The molecule has 1 atom stereocenters. The highest BCUT2D eigenvalue weighted by Crippen LogP contribution is 2.29. The average molecular weight is 230 g/mol. The van der Waals surface area contributed by atoms with E-state index in [9.17, 15) is 13.2 Å². The van der Waals surface area contributed by atoms with E-state index in [0.29, 0.717) is 6.61 Å². The maximum atomic E-state index is 11.7. The van der Waals surface area contributed by atoms with Crippen LogP contribution in [-0.2, 0) is 9.47 Å². The lowest BCUT2D eigenvalue weighted by atomic mass is 10.2. The van der Waals surface area contributed by atoms with Crippen LogP contribution in [0.3, 0.4) is 0 Å². The van der Waals surface area contributed by atoms with Crippen LogP contribution >= 0.6 is 11.8 Å². The molecule has 0 spiro atoms. The summed E-state index contributed by atoms with van der Waals surface area (Å²) in [5.41, 5.74) is -4.16. The Hall–Kier alpha value is 0.0600. The van der Waals surface area contributed by atoms with Gasteiger partial charge in [-0.05, 0) is 31.0 Å². The molecule has 1 fully saturated rings. The first-order valence-corrected chi connectivity index (χ1v) is 5.50. The van der Waals surface area contributed by atoms with Gasteiger partial charge in [-0.1, -0.05) is 0 Å². The minimum absolute atomic E-state index is 0.0584. The first-order valence-electron chi connectivity index (χ1n) is 4.52. The van der Waals surface area contributed by atoms with Crippen molar-refractivity contribution in [1.82, 2.24) is 0 Å².